The first-order valence-corrected chi connectivity index (χ1v) is 9.97. The Morgan fingerprint density at radius 2 is 1.81 bits per heavy atom. The third kappa shape index (κ3) is 5.44. The van der Waals surface area contributed by atoms with E-state index in [0.717, 1.165) is 10.6 Å². The highest BCUT2D eigenvalue weighted by Crippen LogP contribution is 2.20. The molecule has 3 rings (SSSR count). The minimum atomic E-state index is -0.697. The van der Waals surface area contributed by atoms with Crippen molar-refractivity contribution in [3.63, 3.8) is 0 Å². The van der Waals surface area contributed by atoms with Gasteiger partial charge in [-0.3, -0.25) is 14.2 Å². The Morgan fingerprint density at radius 1 is 1.12 bits per heavy atom. The second-order valence-electron chi connectivity index (χ2n) is 6.97. The number of likely N-dealkylation sites (N-methyl/N-ethyl adjacent to an activating group) is 1. The number of hydrogen-bond acceptors (Lipinski definition) is 5. The van der Waals surface area contributed by atoms with Crippen LogP contribution in [0.25, 0.3) is 5.69 Å². The number of carbonyl (C=O) groups is 3. The smallest absolute Gasteiger partial charge is 0.338 e. The third-order valence-corrected chi connectivity index (χ3v) is 4.93. The summed E-state index contributed by atoms with van der Waals surface area (Å²) < 4.78 is 6.51. The quantitative estimate of drug-likeness (QED) is 0.530. The molecule has 2 N–H and O–H groups in total. The molecule has 1 heterocycles. The van der Waals surface area contributed by atoms with Crippen molar-refractivity contribution in [3.05, 3.63) is 81.5 Å². The zero-order valence-corrected chi connectivity index (χ0v) is 18.2. The molecule has 2 aromatic carbocycles. The van der Waals surface area contributed by atoms with Crippen LogP contribution in [0.4, 0.5) is 5.69 Å². The second-order valence-corrected chi connectivity index (χ2v) is 7.38. The molecule has 0 radical (unpaired) electrons. The Bertz CT molecular complexity index is 1200. The number of para-hydroxylation sites is 1. The predicted molar refractivity (Wildman–Crippen MR) is 119 cm³/mol. The number of amides is 2. The normalized spacial score (nSPS) is 10.5. The van der Waals surface area contributed by atoms with E-state index >= 15 is 0 Å². The number of nitrogens with one attached hydrogen (secondary N) is 2. The largest absolute Gasteiger partial charge is 0.452 e. The molecular formula is C22H21ClN4O5. The summed E-state index contributed by atoms with van der Waals surface area (Å²) in [6.45, 7) is 1.02. The number of hydrogen-bond donors (Lipinski definition) is 2. The SMILES string of the molecule is Cc1c[nH]c(=O)n1-c1ccc(C(=O)OCC(=O)N(C)CC(=O)Nc2ccccc2Cl)cc1. The minimum absolute atomic E-state index is 0.224. The van der Waals surface area contributed by atoms with Gasteiger partial charge in [0.25, 0.3) is 5.91 Å². The monoisotopic (exact) mass is 456 g/mol. The van der Waals surface area contributed by atoms with Crippen LogP contribution in [0.5, 0.6) is 0 Å². The molecule has 0 fully saturated rings. The molecule has 9 nitrogen and oxygen atoms in total. The van der Waals surface area contributed by atoms with Crippen molar-refractivity contribution in [1.29, 1.82) is 0 Å². The van der Waals surface area contributed by atoms with Crippen LogP contribution in [-0.4, -0.2) is 52.4 Å². The molecule has 0 aliphatic heterocycles. The van der Waals surface area contributed by atoms with Gasteiger partial charge in [0, 0.05) is 18.9 Å². The summed E-state index contributed by atoms with van der Waals surface area (Å²) in [7, 11) is 1.42. The molecular weight excluding hydrogens is 436 g/mol. The maximum Gasteiger partial charge on any atom is 0.338 e. The van der Waals surface area contributed by atoms with Crippen LogP contribution in [0.3, 0.4) is 0 Å². The molecule has 10 heteroatoms. The van der Waals surface area contributed by atoms with Gasteiger partial charge in [-0.15, -0.1) is 0 Å². The van der Waals surface area contributed by atoms with Crippen LogP contribution < -0.4 is 11.0 Å². The highest BCUT2D eigenvalue weighted by Gasteiger charge is 2.17. The first-order valence-electron chi connectivity index (χ1n) is 9.59. The van der Waals surface area contributed by atoms with Crippen molar-refractivity contribution in [3.8, 4) is 5.69 Å². The van der Waals surface area contributed by atoms with Crippen LogP contribution in [0.1, 0.15) is 16.1 Å². The summed E-state index contributed by atoms with van der Waals surface area (Å²) in [6, 6.07) is 12.9. The van der Waals surface area contributed by atoms with E-state index in [2.05, 4.69) is 10.3 Å². The lowest BCUT2D eigenvalue weighted by Gasteiger charge is -2.17. The molecule has 0 aliphatic rings. The number of H-pyrrole nitrogens is 1. The number of imidazole rings is 1. The van der Waals surface area contributed by atoms with Gasteiger partial charge >= 0.3 is 11.7 Å². The third-order valence-electron chi connectivity index (χ3n) is 4.60. The zero-order chi connectivity index (χ0) is 23.3. The number of ether oxygens (including phenoxy) is 1. The summed E-state index contributed by atoms with van der Waals surface area (Å²) in [4.78, 5) is 52.1. The Labute approximate surface area is 188 Å². The summed E-state index contributed by atoms with van der Waals surface area (Å²) in [5.74, 6) is -1.68. The van der Waals surface area contributed by atoms with Gasteiger partial charge in [0.15, 0.2) is 6.61 Å². The number of rotatable bonds is 7. The average molecular weight is 457 g/mol. The molecule has 0 aliphatic carbocycles. The molecule has 166 valence electrons. The number of aromatic nitrogens is 2. The van der Waals surface area contributed by atoms with Gasteiger partial charge in [-0.05, 0) is 43.3 Å². The first-order chi connectivity index (χ1) is 15.3. The van der Waals surface area contributed by atoms with Crippen molar-refractivity contribution in [2.24, 2.45) is 0 Å². The number of anilines is 1. The maximum atomic E-state index is 12.2. The summed E-state index contributed by atoms with van der Waals surface area (Å²) >= 11 is 5.99. The first kappa shape index (κ1) is 22.8. The molecule has 2 amide bonds. The fourth-order valence-corrected chi connectivity index (χ4v) is 3.08. The highest BCUT2D eigenvalue weighted by molar-refractivity contribution is 6.33. The van der Waals surface area contributed by atoms with Crippen molar-refractivity contribution >= 4 is 35.1 Å². The standard InChI is InChI=1S/C22H21ClN4O5/c1-14-11-24-22(31)27(14)16-9-7-15(8-10-16)21(30)32-13-20(29)26(2)12-19(28)25-18-6-4-3-5-17(18)23/h3-11H,12-13H2,1-2H3,(H,24,31)(H,25,28). The number of halogens is 1. The fourth-order valence-electron chi connectivity index (χ4n) is 2.90. The Balaban J connectivity index is 1.51. The molecule has 1 aromatic heterocycles. The van der Waals surface area contributed by atoms with Crippen LogP contribution in [0.2, 0.25) is 5.02 Å². The fraction of sp³-hybridized carbons (Fsp3) is 0.182. The van der Waals surface area contributed by atoms with Gasteiger partial charge in [-0.25, -0.2) is 9.59 Å². The number of aryl methyl sites for hydroxylation is 1. The molecule has 0 saturated carbocycles. The predicted octanol–water partition coefficient (Wildman–Crippen LogP) is 2.38. The van der Waals surface area contributed by atoms with E-state index in [1.807, 2.05) is 0 Å². The van der Waals surface area contributed by atoms with E-state index in [4.69, 9.17) is 16.3 Å². The Morgan fingerprint density at radius 3 is 2.44 bits per heavy atom. The van der Waals surface area contributed by atoms with Crippen molar-refractivity contribution < 1.29 is 19.1 Å². The van der Waals surface area contributed by atoms with Gasteiger partial charge in [0.1, 0.15) is 0 Å². The summed E-state index contributed by atoms with van der Waals surface area (Å²) in [5, 5.41) is 2.99. The lowest BCUT2D eigenvalue weighted by Crippen LogP contribution is -2.37. The van der Waals surface area contributed by atoms with E-state index in [1.54, 1.807) is 49.5 Å². The minimum Gasteiger partial charge on any atom is -0.452 e. The average Bonchev–Trinajstić information content (AvgIpc) is 3.11. The summed E-state index contributed by atoms with van der Waals surface area (Å²) in [6.07, 6.45) is 1.58. The number of benzene rings is 2. The van der Waals surface area contributed by atoms with Crippen molar-refractivity contribution in [1.82, 2.24) is 14.5 Å². The van der Waals surface area contributed by atoms with Gasteiger partial charge in [-0.2, -0.15) is 0 Å². The molecule has 0 atom stereocenters. The van der Waals surface area contributed by atoms with Crippen LogP contribution in [-0.2, 0) is 14.3 Å². The molecule has 0 saturated heterocycles. The van der Waals surface area contributed by atoms with Gasteiger partial charge in [-0.1, -0.05) is 23.7 Å². The number of esters is 1. The lowest BCUT2D eigenvalue weighted by molar-refractivity contribution is -0.136. The van der Waals surface area contributed by atoms with Gasteiger partial charge < -0.3 is 19.9 Å². The van der Waals surface area contributed by atoms with Crippen LogP contribution in [0, 0.1) is 6.92 Å². The topological polar surface area (TPSA) is 114 Å². The number of aromatic amines is 1. The number of carbonyl (C=O) groups excluding carboxylic acids is 3. The highest BCUT2D eigenvalue weighted by atomic mass is 35.5. The summed E-state index contributed by atoms with van der Waals surface area (Å²) in [5.41, 5.74) is 1.68. The zero-order valence-electron chi connectivity index (χ0n) is 17.4. The maximum absolute atomic E-state index is 12.2. The lowest BCUT2D eigenvalue weighted by atomic mass is 10.2. The van der Waals surface area contributed by atoms with E-state index < -0.39 is 24.4 Å². The molecule has 3 aromatic rings. The van der Waals surface area contributed by atoms with E-state index in [1.165, 1.54) is 23.7 Å². The molecule has 0 spiro atoms. The van der Waals surface area contributed by atoms with Crippen LogP contribution in [0.15, 0.2) is 59.5 Å². The Kier molecular flexibility index (Phi) is 7.11. The number of nitrogens with zero attached hydrogens (tertiary/aromatic N) is 2. The van der Waals surface area contributed by atoms with Gasteiger partial charge in [0.2, 0.25) is 5.91 Å². The molecule has 0 bridgehead atoms. The van der Waals surface area contributed by atoms with E-state index in [0.29, 0.717) is 16.4 Å². The van der Waals surface area contributed by atoms with Crippen molar-refractivity contribution in [2.45, 2.75) is 6.92 Å². The van der Waals surface area contributed by atoms with Crippen molar-refractivity contribution in [2.75, 3.05) is 25.5 Å². The second kappa shape index (κ2) is 9.97. The molecule has 32 heavy (non-hydrogen) atoms. The van der Waals surface area contributed by atoms with Gasteiger partial charge in [0.05, 0.1) is 28.5 Å². The molecule has 0 unspecified atom stereocenters. The van der Waals surface area contributed by atoms with E-state index in [-0.39, 0.29) is 17.8 Å². The van der Waals surface area contributed by atoms with E-state index in [9.17, 15) is 19.2 Å². The Hall–Kier alpha value is -3.85. The van der Waals surface area contributed by atoms with Crippen LogP contribution >= 0.6 is 11.6 Å².